The Bertz CT molecular complexity index is 1510. The van der Waals surface area contributed by atoms with Crippen LogP contribution in [0.5, 0.6) is 0 Å². The molecule has 5 rings (SSSR count). The fourth-order valence-corrected chi connectivity index (χ4v) is 5.63. The van der Waals surface area contributed by atoms with Crippen molar-refractivity contribution in [1.29, 1.82) is 5.41 Å². The van der Waals surface area contributed by atoms with Crippen LogP contribution in [0.3, 0.4) is 0 Å². The van der Waals surface area contributed by atoms with Crippen LogP contribution in [0.15, 0.2) is 100 Å². The van der Waals surface area contributed by atoms with Gasteiger partial charge in [0.15, 0.2) is 5.78 Å². The monoisotopic (exact) mass is 571 g/mol. The predicted molar refractivity (Wildman–Crippen MR) is 151 cm³/mol. The van der Waals surface area contributed by atoms with E-state index in [1.807, 2.05) is 44.2 Å². The van der Waals surface area contributed by atoms with Gasteiger partial charge in [0.2, 0.25) is 0 Å². The van der Waals surface area contributed by atoms with Gasteiger partial charge in [-0.15, -0.1) is 0 Å². The number of hydrogen-bond donors (Lipinski definition) is 2. The molecule has 0 saturated heterocycles. The highest BCUT2D eigenvalue weighted by Crippen LogP contribution is 2.51. The third kappa shape index (κ3) is 4.56. The molecule has 0 bridgehead atoms. The lowest BCUT2D eigenvalue weighted by Crippen LogP contribution is -2.45. The minimum absolute atomic E-state index is 0.0567. The van der Waals surface area contributed by atoms with Crippen LogP contribution < -0.4 is 4.90 Å². The van der Waals surface area contributed by atoms with Crippen LogP contribution in [-0.4, -0.2) is 21.6 Å². The molecule has 0 saturated carbocycles. The van der Waals surface area contributed by atoms with Gasteiger partial charge in [-0.1, -0.05) is 72.2 Å². The van der Waals surface area contributed by atoms with Crippen molar-refractivity contribution < 1.29 is 14.8 Å². The maximum atomic E-state index is 13.9. The smallest absolute Gasteiger partial charge is 0.269 e. The Labute approximate surface area is 228 Å². The average molecular weight is 572 g/mol. The predicted octanol–water partition coefficient (Wildman–Crippen LogP) is 7.55. The summed E-state index contributed by atoms with van der Waals surface area (Å²) in [7, 11) is 0. The molecule has 1 unspecified atom stereocenters. The van der Waals surface area contributed by atoms with Crippen LogP contribution in [0.25, 0.3) is 5.76 Å². The molecule has 2 aliphatic rings. The molecule has 1 heterocycles. The molecule has 38 heavy (non-hydrogen) atoms. The van der Waals surface area contributed by atoms with Crippen LogP contribution >= 0.6 is 15.9 Å². The number of non-ortho nitro benzene ring substituents is 1. The SMILES string of the molecule is CC1(C)CC(=O)C2=C(C1)N(c1ccc(Br)cc1)C(=N)/C(=C(/O)c1ccccc1)C2c1ccc([N+](=O)[O-])cc1. The molecule has 1 atom stereocenters. The quantitative estimate of drug-likeness (QED) is 0.191. The van der Waals surface area contributed by atoms with Crippen molar-refractivity contribution >= 4 is 44.7 Å². The molecule has 0 radical (unpaired) electrons. The highest BCUT2D eigenvalue weighted by Gasteiger charge is 2.46. The highest BCUT2D eigenvalue weighted by atomic mass is 79.9. The minimum Gasteiger partial charge on any atom is -0.507 e. The lowest BCUT2D eigenvalue weighted by molar-refractivity contribution is -0.384. The fourth-order valence-electron chi connectivity index (χ4n) is 5.36. The number of amidine groups is 1. The topological polar surface area (TPSA) is 108 Å². The Morgan fingerprint density at radius 1 is 1.03 bits per heavy atom. The zero-order valence-electron chi connectivity index (χ0n) is 20.9. The maximum absolute atomic E-state index is 13.9. The number of aliphatic hydroxyl groups excluding tert-OH is 1. The number of nitrogens with one attached hydrogen (secondary N) is 1. The normalized spacial score (nSPS) is 20.3. The molecule has 3 aromatic rings. The van der Waals surface area contributed by atoms with E-state index >= 15 is 0 Å². The summed E-state index contributed by atoms with van der Waals surface area (Å²) in [6.07, 6.45) is 0.867. The van der Waals surface area contributed by atoms with Gasteiger partial charge in [-0.25, -0.2) is 0 Å². The molecule has 192 valence electrons. The Kier molecular flexibility index (Phi) is 6.53. The van der Waals surface area contributed by atoms with Crippen LogP contribution in [0.4, 0.5) is 11.4 Å². The molecular formula is C30H26BrN3O4. The molecule has 0 aromatic heterocycles. The Morgan fingerprint density at radius 2 is 1.66 bits per heavy atom. The first kappa shape index (κ1) is 25.6. The molecule has 3 aromatic carbocycles. The van der Waals surface area contributed by atoms with Crippen molar-refractivity contribution in [3.05, 3.63) is 121 Å². The summed E-state index contributed by atoms with van der Waals surface area (Å²) in [4.78, 5) is 26.5. The second-order valence-electron chi connectivity index (χ2n) is 10.4. The van der Waals surface area contributed by atoms with Crippen LogP contribution in [0, 0.1) is 20.9 Å². The zero-order chi connectivity index (χ0) is 27.2. The van der Waals surface area contributed by atoms with Gasteiger partial charge in [0, 0.05) is 57.0 Å². The van der Waals surface area contributed by atoms with Gasteiger partial charge >= 0.3 is 0 Å². The first-order valence-corrected chi connectivity index (χ1v) is 13.0. The van der Waals surface area contributed by atoms with Crippen molar-refractivity contribution in [1.82, 2.24) is 0 Å². The number of nitro benzene ring substituents is 1. The molecule has 0 spiro atoms. The number of allylic oxidation sites excluding steroid dienone is 2. The zero-order valence-corrected chi connectivity index (χ0v) is 22.5. The van der Waals surface area contributed by atoms with Gasteiger partial charge in [-0.3, -0.25) is 25.2 Å². The molecule has 8 heteroatoms. The summed E-state index contributed by atoms with van der Waals surface area (Å²) in [6, 6.07) is 22.5. The van der Waals surface area contributed by atoms with Gasteiger partial charge in [-0.05, 0) is 41.7 Å². The lowest BCUT2D eigenvalue weighted by Gasteiger charge is -2.45. The molecule has 0 fully saturated rings. The van der Waals surface area contributed by atoms with Crippen molar-refractivity contribution in [2.45, 2.75) is 32.6 Å². The Balaban J connectivity index is 1.83. The molecule has 7 nitrogen and oxygen atoms in total. The maximum Gasteiger partial charge on any atom is 0.269 e. The van der Waals surface area contributed by atoms with E-state index < -0.39 is 10.8 Å². The minimum atomic E-state index is -0.756. The van der Waals surface area contributed by atoms with Gasteiger partial charge in [-0.2, -0.15) is 0 Å². The largest absolute Gasteiger partial charge is 0.507 e. The van der Waals surface area contributed by atoms with E-state index in [9.17, 15) is 25.4 Å². The number of benzene rings is 3. The number of rotatable bonds is 4. The number of Topliss-reactive ketones (excluding diaryl/α,β-unsaturated/α-hetero) is 1. The van der Waals surface area contributed by atoms with E-state index in [-0.39, 0.29) is 34.1 Å². The Hall–Kier alpha value is -4.04. The summed E-state index contributed by atoms with van der Waals surface area (Å²) in [5, 5.41) is 32.4. The molecule has 0 amide bonds. The summed E-state index contributed by atoms with van der Waals surface area (Å²) in [6.45, 7) is 4.07. The third-order valence-electron chi connectivity index (χ3n) is 7.05. The fraction of sp³-hybridized carbons (Fsp3) is 0.200. The molecule has 2 N–H and O–H groups in total. The summed E-state index contributed by atoms with van der Waals surface area (Å²) < 4.78 is 0.880. The Morgan fingerprint density at radius 3 is 2.26 bits per heavy atom. The number of aliphatic hydroxyl groups is 1. The van der Waals surface area contributed by atoms with E-state index in [0.29, 0.717) is 40.9 Å². The summed E-state index contributed by atoms with van der Waals surface area (Å²) in [5.41, 5.74) is 2.93. The second-order valence-corrected chi connectivity index (χ2v) is 11.3. The van der Waals surface area contributed by atoms with Crippen molar-refractivity contribution in [3.63, 3.8) is 0 Å². The first-order valence-electron chi connectivity index (χ1n) is 12.2. The summed E-state index contributed by atoms with van der Waals surface area (Å²) >= 11 is 3.47. The van der Waals surface area contributed by atoms with Gasteiger partial charge in [0.1, 0.15) is 11.6 Å². The number of ketones is 1. The summed E-state index contributed by atoms with van der Waals surface area (Å²) in [5.74, 6) is -0.868. The van der Waals surface area contributed by atoms with E-state index in [2.05, 4.69) is 15.9 Å². The average Bonchev–Trinajstić information content (AvgIpc) is 2.88. The number of carbonyl (C=O) groups is 1. The number of hydrogen-bond acceptors (Lipinski definition) is 5. The number of carbonyl (C=O) groups excluding carboxylic acids is 1. The van der Waals surface area contributed by atoms with Crippen molar-refractivity contribution in [3.8, 4) is 0 Å². The van der Waals surface area contributed by atoms with Gasteiger partial charge in [0.25, 0.3) is 5.69 Å². The molecular weight excluding hydrogens is 546 g/mol. The van der Waals surface area contributed by atoms with Crippen LogP contribution in [-0.2, 0) is 4.79 Å². The van der Waals surface area contributed by atoms with Crippen molar-refractivity contribution in [2.75, 3.05) is 4.90 Å². The molecule has 1 aliphatic carbocycles. The van der Waals surface area contributed by atoms with Gasteiger partial charge < -0.3 is 5.11 Å². The molecule has 1 aliphatic heterocycles. The number of nitro groups is 1. The second kappa shape index (κ2) is 9.68. The van der Waals surface area contributed by atoms with Crippen LogP contribution in [0.1, 0.15) is 43.7 Å². The third-order valence-corrected chi connectivity index (χ3v) is 7.58. The van der Waals surface area contributed by atoms with Crippen molar-refractivity contribution in [2.24, 2.45) is 5.41 Å². The van der Waals surface area contributed by atoms with E-state index in [0.717, 1.165) is 4.47 Å². The standard InChI is InChI=1S/C30H26BrN3O4/c1-30(2)16-23-26(24(35)17-30)25(18-8-12-22(13-9-18)34(37)38)27(28(36)19-6-4-3-5-7-19)29(32)33(23)21-14-10-20(31)11-15-21/h3-15,25,32,36H,16-17H2,1-2H3/b28-27+,32-29?. The van der Waals surface area contributed by atoms with E-state index in [1.54, 1.807) is 41.3 Å². The number of halogens is 1. The van der Waals surface area contributed by atoms with E-state index in [1.165, 1.54) is 12.1 Å². The van der Waals surface area contributed by atoms with Gasteiger partial charge in [0.05, 0.1) is 4.92 Å². The number of nitrogens with zero attached hydrogens (tertiary/aromatic N) is 2. The van der Waals surface area contributed by atoms with E-state index in [4.69, 9.17) is 0 Å². The lowest BCUT2D eigenvalue weighted by atomic mass is 9.67. The highest BCUT2D eigenvalue weighted by molar-refractivity contribution is 9.10. The van der Waals surface area contributed by atoms with Crippen LogP contribution in [0.2, 0.25) is 0 Å². The first-order chi connectivity index (χ1) is 18.1. The number of anilines is 1.